The molecule has 42 heavy (non-hydrogen) atoms. The summed E-state index contributed by atoms with van der Waals surface area (Å²) < 4.78 is 1.99. The summed E-state index contributed by atoms with van der Waals surface area (Å²) in [5.41, 5.74) is 7.44. The molecule has 8 nitrogen and oxygen atoms in total. The van der Waals surface area contributed by atoms with E-state index in [0.717, 1.165) is 59.6 Å². The lowest BCUT2D eigenvalue weighted by Gasteiger charge is -2.40. The summed E-state index contributed by atoms with van der Waals surface area (Å²) in [5, 5.41) is 3.37. The number of carbonyl (C=O) groups excluding carboxylic acids is 2. The number of nitrogens with zero attached hydrogens (tertiary/aromatic N) is 5. The summed E-state index contributed by atoms with van der Waals surface area (Å²) in [6.07, 6.45) is 10.6. The Bertz CT molecular complexity index is 1450. The number of amides is 2. The first-order valence-corrected chi connectivity index (χ1v) is 15.3. The topological polar surface area (TPSA) is 83.4 Å². The number of aryl methyl sites for hydroxylation is 2. The molecule has 0 bridgehead atoms. The van der Waals surface area contributed by atoms with Gasteiger partial charge in [-0.3, -0.25) is 19.5 Å². The van der Waals surface area contributed by atoms with Gasteiger partial charge in [0, 0.05) is 52.3 Å². The fraction of sp³-hybridized carbons (Fsp3) is 0.471. The van der Waals surface area contributed by atoms with Crippen LogP contribution >= 0.6 is 0 Å². The van der Waals surface area contributed by atoms with Crippen LogP contribution in [-0.4, -0.2) is 62.3 Å². The molecule has 222 valence electrons. The summed E-state index contributed by atoms with van der Waals surface area (Å²) in [4.78, 5) is 39.9. The van der Waals surface area contributed by atoms with Crippen LogP contribution in [0.2, 0.25) is 0 Å². The van der Waals surface area contributed by atoms with Gasteiger partial charge in [0.05, 0.1) is 36.0 Å². The number of aromatic nitrogens is 3. The number of nitrogens with one attached hydrogen (secondary N) is 1. The van der Waals surface area contributed by atoms with Crippen molar-refractivity contribution in [3.05, 3.63) is 82.7 Å². The molecule has 1 aliphatic heterocycles. The average Bonchev–Trinajstić information content (AvgIpc) is 3.34. The second-order valence-electron chi connectivity index (χ2n) is 12.1. The van der Waals surface area contributed by atoms with Gasteiger partial charge in [-0.15, -0.1) is 0 Å². The standard InChI is InChI=1S/C34H44N6O2/c1-6-7-10-30(41)37-33(29-21-35-22-38(29)5)28-20-25-9-8-13-36-32(25)34(26-12-11-24(4)19-27(26)28)40-16-14-39(15-17-40)31(42)18-23(2)3/h8-9,11-13,19-23,33-34H,6-7,10,14-18H2,1-5H3,(H,37,41). The maximum absolute atomic E-state index is 13.2. The number of hydrogen-bond acceptors (Lipinski definition) is 5. The number of imidazole rings is 1. The van der Waals surface area contributed by atoms with Crippen molar-refractivity contribution < 1.29 is 9.59 Å². The Hall–Kier alpha value is -3.78. The minimum absolute atomic E-state index is 0.0348. The normalized spacial score (nSPS) is 17.7. The van der Waals surface area contributed by atoms with Crippen LogP contribution in [0.1, 0.15) is 92.2 Å². The molecule has 8 heteroatoms. The number of pyridine rings is 1. The third kappa shape index (κ3) is 6.33. The summed E-state index contributed by atoms with van der Waals surface area (Å²) in [6, 6.07) is 10.3. The minimum atomic E-state index is -0.375. The molecule has 1 aromatic carbocycles. The van der Waals surface area contributed by atoms with Gasteiger partial charge in [-0.25, -0.2) is 4.98 Å². The third-order valence-electron chi connectivity index (χ3n) is 8.39. The van der Waals surface area contributed by atoms with E-state index in [4.69, 9.17) is 4.98 Å². The molecule has 0 saturated carbocycles. The zero-order chi connectivity index (χ0) is 29.8. The third-order valence-corrected chi connectivity index (χ3v) is 8.39. The van der Waals surface area contributed by atoms with Gasteiger partial charge >= 0.3 is 0 Å². The molecule has 1 fully saturated rings. The predicted molar refractivity (Wildman–Crippen MR) is 166 cm³/mol. The molecule has 1 N–H and O–H groups in total. The van der Waals surface area contributed by atoms with Gasteiger partial charge in [0.1, 0.15) is 0 Å². The molecule has 5 rings (SSSR count). The fourth-order valence-electron chi connectivity index (χ4n) is 6.18. The van der Waals surface area contributed by atoms with Gasteiger partial charge < -0.3 is 14.8 Å². The van der Waals surface area contributed by atoms with Crippen LogP contribution < -0.4 is 5.32 Å². The summed E-state index contributed by atoms with van der Waals surface area (Å²) in [5.74, 6) is 0.623. The van der Waals surface area contributed by atoms with Crippen LogP contribution in [0.25, 0.3) is 11.6 Å². The van der Waals surface area contributed by atoms with E-state index in [-0.39, 0.29) is 23.9 Å². The number of carbonyl (C=O) groups is 2. The van der Waals surface area contributed by atoms with Crippen molar-refractivity contribution in [3.8, 4) is 0 Å². The van der Waals surface area contributed by atoms with Gasteiger partial charge in [-0.05, 0) is 53.7 Å². The van der Waals surface area contributed by atoms with Crippen molar-refractivity contribution in [2.75, 3.05) is 26.2 Å². The number of benzene rings is 1. The molecule has 2 atom stereocenters. The van der Waals surface area contributed by atoms with E-state index in [0.29, 0.717) is 31.8 Å². The van der Waals surface area contributed by atoms with E-state index >= 15 is 0 Å². The predicted octanol–water partition coefficient (Wildman–Crippen LogP) is 5.30. The number of hydrogen-bond donors (Lipinski definition) is 1. The molecular formula is C34H44N6O2. The first kappa shape index (κ1) is 29.7. The second-order valence-corrected chi connectivity index (χ2v) is 12.1. The summed E-state index contributed by atoms with van der Waals surface area (Å²) in [6.45, 7) is 11.4. The molecule has 3 heterocycles. The minimum Gasteiger partial charge on any atom is -0.344 e. The molecule has 3 aromatic rings. The SMILES string of the molecule is CCCCC(=O)NC(C1=Cc2cccnc2C(N2CCN(C(=O)CC(C)C)CC2)c2ccc(C)cc21)c1cncn1C. The van der Waals surface area contributed by atoms with Crippen molar-refractivity contribution in [1.82, 2.24) is 29.7 Å². The monoisotopic (exact) mass is 568 g/mol. The van der Waals surface area contributed by atoms with Crippen LogP contribution in [0.3, 0.4) is 0 Å². The quantitative estimate of drug-likeness (QED) is 0.379. The lowest BCUT2D eigenvalue weighted by atomic mass is 9.88. The highest BCUT2D eigenvalue weighted by Gasteiger charge is 2.36. The number of rotatable bonds is 9. The number of unbranched alkanes of at least 4 members (excludes halogenated alkanes) is 1. The van der Waals surface area contributed by atoms with Crippen molar-refractivity contribution in [1.29, 1.82) is 0 Å². The van der Waals surface area contributed by atoms with Crippen LogP contribution in [0, 0.1) is 12.8 Å². The Balaban J connectivity index is 1.58. The smallest absolute Gasteiger partial charge is 0.222 e. The van der Waals surface area contributed by atoms with Crippen molar-refractivity contribution >= 4 is 23.5 Å². The highest BCUT2D eigenvalue weighted by atomic mass is 16.2. The maximum atomic E-state index is 13.2. The second kappa shape index (κ2) is 13.0. The van der Waals surface area contributed by atoms with E-state index in [1.165, 1.54) is 5.56 Å². The Morgan fingerprint density at radius 3 is 2.60 bits per heavy atom. The van der Waals surface area contributed by atoms with E-state index in [1.54, 1.807) is 6.33 Å². The van der Waals surface area contributed by atoms with Crippen LogP contribution in [0.5, 0.6) is 0 Å². The highest BCUT2D eigenvalue weighted by Crippen LogP contribution is 2.43. The average molecular weight is 569 g/mol. The van der Waals surface area contributed by atoms with Gasteiger partial charge in [0.15, 0.2) is 0 Å². The first-order chi connectivity index (χ1) is 20.3. The van der Waals surface area contributed by atoms with Gasteiger partial charge in [0.25, 0.3) is 0 Å². The molecule has 2 amide bonds. The van der Waals surface area contributed by atoms with E-state index < -0.39 is 0 Å². The van der Waals surface area contributed by atoms with Gasteiger partial charge in [-0.1, -0.05) is 57.0 Å². The molecule has 0 radical (unpaired) electrons. The van der Waals surface area contributed by atoms with E-state index in [1.807, 2.05) is 35.0 Å². The lowest BCUT2D eigenvalue weighted by Crippen LogP contribution is -2.50. The zero-order valence-corrected chi connectivity index (χ0v) is 25.6. The largest absolute Gasteiger partial charge is 0.344 e. The lowest BCUT2D eigenvalue weighted by molar-refractivity contribution is -0.134. The van der Waals surface area contributed by atoms with Crippen LogP contribution in [-0.2, 0) is 16.6 Å². The summed E-state index contributed by atoms with van der Waals surface area (Å²) >= 11 is 0. The van der Waals surface area contributed by atoms with E-state index in [9.17, 15) is 9.59 Å². The number of piperazine rings is 1. The van der Waals surface area contributed by atoms with Gasteiger partial charge in [0.2, 0.25) is 11.8 Å². The van der Waals surface area contributed by atoms with E-state index in [2.05, 4.69) is 73.2 Å². The first-order valence-electron chi connectivity index (χ1n) is 15.3. The maximum Gasteiger partial charge on any atom is 0.222 e. The molecule has 0 spiro atoms. The van der Waals surface area contributed by atoms with Gasteiger partial charge in [-0.2, -0.15) is 0 Å². The fourth-order valence-corrected chi connectivity index (χ4v) is 6.18. The Morgan fingerprint density at radius 2 is 1.90 bits per heavy atom. The molecule has 2 aliphatic rings. The Labute approximate surface area is 249 Å². The molecule has 1 saturated heterocycles. The number of fused-ring (bicyclic) bond motifs is 2. The molecular weight excluding hydrogens is 524 g/mol. The zero-order valence-electron chi connectivity index (χ0n) is 25.6. The highest BCUT2D eigenvalue weighted by molar-refractivity contribution is 5.91. The van der Waals surface area contributed by atoms with Crippen LogP contribution in [0.4, 0.5) is 0 Å². The molecule has 1 aliphatic carbocycles. The Kier molecular flexibility index (Phi) is 9.21. The molecule has 2 aromatic heterocycles. The van der Waals surface area contributed by atoms with Crippen molar-refractivity contribution in [2.24, 2.45) is 13.0 Å². The van der Waals surface area contributed by atoms with Crippen LogP contribution in [0.15, 0.2) is 49.1 Å². The van der Waals surface area contributed by atoms with Crippen molar-refractivity contribution in [3.63, 3.8) is 0 Å². The Morgan fingerprint density at radius 1 is 1.12 bits per heavy atom. The van der Waals surface area contributed by atoms with Crippen molar-refractivity contribution in [2.45, 2.75) is 65.5 Å². The molecule has 2 unspecified atom stereocenters. The summed E-state index contributed by atoms with van der Waals surface area (Å²) in [7, 11) is 1.97.